The fourth-order valence-corrected chi connectivity index (χ4v) is 22.1. The molecule has 0 aliphatic carbocycles. The third kappa shape index (κ3) is 21.5. The van der Waals surface area contributed by atoms with Crippen LogP contribution in [0, 0.1) is 23.7 Å². The number of methoxy groups -OCH3 is 4. The number of hydrogen-bond acceptors (Lipinski definition) is 22. The summed E-state index contributed by atoms with van der Waals surface area (Å²) in [5.41, 5.74) is 12.8. The Morgan fingerprint density at radius 3 is 1.19 bits per heavy atom. The fourth-order valence-electron chi connectivity index (χ4n) is 22.1. The van der Waals surface area contributed by atoms with E-state index in [-0.39, 0.29) is 128 Å². The first-order valence-corrected chi connectivity index (χ1v) is 49.4. The Morgan fingerprint density at radius 2 is 0.809 bits per heavy atom. The Kier molecular flexibility index (Phi) is 31.1. The van der Waals surface area contributed by atoms with Crippen LogP contribution in [0.5, 0.6) is 11.5 Å². The molecule has 10 aromatic rings. The molecule has 0 bridgehead atoms. The smallest absolute Gasteiger partial charge is 0.411 e. The molecule has 18 atom stereocenters. The third-order valence-corrected chi connectivity index (χ3v) is 29.6. The van der Waals surface area contributed by atoms with E-state index in [4.69, 9.17) is 62.9 Å². The lowest BCUT2D eigenvalue weighted by Gasteiger charge is -2.39. The molecule has 0 saturated carbocycles. The van der Waals surface area contributed by atoms with Gasteiger partial charge in [0.2, 0.25) is 17.7 Å². The van der Waals surface area contributed by atoms with E-state index in [2.05, 4.69) is 139 Å². The number of carboxylic acid groups (broad SMARTS) is 1. The number of nitrogens with one attached hydrogen (secondary N) is 8. The molecule has 9 N–H and O–H groups in total. The fraction of sp³-hybridized carbons (Fsp3) is 0.538. The van der Waals surface area contributed by atoms with Gasteiger partial charge in [0.1, 0.15) is 77.8 Å². The monoisotopic (exact) mass is 1940 g/mol. The minimum absolute atomic E-state index is 0. The Bertz CT molecular complexity index is 6280. The molecule has 35 heteroatoms. The van der Waals surface area contributed by atoms with Gasteiger partial charge in [0, 0.05) is 46.1 Å². The maximum atomic E-state index is 14.6. The molecule has 6 aromatic carbocycles. The zero-order valence-electron chi connectivity index (χ0n) is 83.5. The summed E-state index contributed by atoms with van der Waals surface area (Å²) >= 11 is 0. The highest BCUT2D eigenvalue weighted by atomic mass is 16.6. The van der Waals surface area contributed by atoms with E-state index in [1.165, 1.54) is 28.4 Å². The number of nitrogens with zero attached hydrogens (tertiary/aromatic N) is 8. The van der Waals surface area contributed by atoms with Crippen LogP contribution in [-0.4, -0.2) is 226 Å². The van der Waals surface area contributed by atoms with Gasteiger partial charge in [-0.25, -0.2) is 48.7 Å². The number of likely N-dealkylation sites (tertiary alicyclic amines) is 4. The molecule has 0 radical (unpaired) electrons. The van der Waals surface area contributed by atoms with Gasteiger partial charge < -0.3 is 104 Å². The molecule has 6 fully saturated rings. The number of H-pyrrole nitrogens is 4. The summed E-state index contributed by atoms with van der Waals surface area (Å²) in [7, 11) is 5.14. The summed E-state index contributed by atoms with van der Waals surface area (Å²) in [4.78, 5) is 157. The van der Waals surface area contributed by atoms with Crippen molar-refractivity contribution < 1.29 is 90.9 Å². The van der Waals surface area contributed by atoms with Gasteiger partial charge in [-0.1, -0.05) is 84.4 Å². The number of hydrogen-bond donors (Lipinski definition) is 9. The van der Waals surface area contributed by atoms with Crippen LogP contribution in [0.3, 0.4) is 0 Å². The van der Waals surface area contributed by atoms with Gasteiger partial charge in [0.05, 0.1) is 123 Å². The number of aliphatic carboxylic acids is 1. The summed E-state index contributed by atoms with van der Waals surface area (Å²) in [6.45, 7) is 30.4. The van der Waals surface area contributed by atoms with Crippen molar-refractivity contribution in [2.45, 2.75) is 317 Å². The van der Waals surface area contributed by atoms with Crippen LogP contribution >= 0.6 is 0 Å². The first-order valence-electron chi connectivity index (χ1n) is 49.4. The maximum absolute atomic E-state index is 14.6. The lowest BCUT2D eigenvalue weighted by atomic mass is 9.85. The number of ether oxygens (including phenoxy) is 9. The van der Waals surface area contributed by atoms with Crippen LogP contribution in [-0.2, 0) is 65.5 Å². The van der Waals surface area contributed by atoms with E-state index in [1.807, 2.05) is 128 Å². The number of aromatic amines is 4. The third-order valence-electron chi connectivity index (χ3n) is 29.6. The number of carboxylic acids is 1. The molecule has 12 heterocycles. The van der Waals surface area contributed by atoms with Gasteiger partial charge in [0.25, 0.3) is 0 Å². The van der Waals surface area contributed by atoms with Crippen LogP contribution in [0.1, 0.15) is 260 Å². The number of imidazole rings is 4. The standard InChI is InChI=1S/C50H62N8O8.C44H53N7O6.C11H19NO5.CH4/c1-9-25(2)42(55-49(61)63-7)47(59)57-26(3)10-16-39(57)45-51-23-38(53-45)31-12-14-34-33(20-31)24-65-41-22-35-30(21-36(34)41)13-15-37-44(35)54-46(52-37)40-17-11-27(4)58(40)48(60)43(56-50(62)64-8)32-18-28(5)66-29(6)19-32;1-9-23(2)37(49-42(53)55-8)41(52)50-24(3)10-16-34(50)39-45-21-33(47-39)27-12-14-29-28(18-27)22-56-36-20-30-26(19-31(29)36)13-15-32-38(30)48-40(46-32)35-17-11-25(4)51(35)43(54)57-44(5,6)7;1-6-4-8(5-7(2)17-6)9(10(13)14)12-11(15)16-3;/h12-15,20-23,25-29,32,39-40,42-43H,9-11,16-19,24H2,1-8H3,(H,51,53)(H,52,54)(H,55,61)(H,56,62);12-15,18-21,23-25,34-35,37H,9-11,16-17,22H2,1-8H3,(H,45,47)(H,46,48)(H,49,53);6-9H,4-5H2,1-3H3,(H,12,15)(H,13,14);1H4/t25-,26-,27-,28+,29+,39-,40-,42-,43-;23-,24-,25-,34-,35-,37-;6-,7-,9+;/m001./s1. The summed E-state index contributed by atoms with van der Waals surface area (Å²) in [5, 5.41) is 23.9. The van der Waals surface area contributed by atoms with Crippen LogP contribution in [0.4, 0.5) is 24.0 Å². The zero-order chi connectivity index (χ0) is 99.9. The summed E-state index contributed by atoms with van der Waals surface area (Å²) in [6, 6.07) is 25.4. The number of aromatic nitrogens is 8. The molecule has 0 unspecified atom stereocenters. The second-order valence-electron chi connectivity index (χ2n) is 40.4. The molecule has 141 heavy (non-hydrogen) atoms. The summed E-state index contributed by atoms with van der Waals surface area (Å²) in [6.07, 6.45) is 11.1. The van der Waals surface area contributed by atoms with E-state index in [0.29, 0.717) is 50.5 Å². The van der Waals surface area contributed by atoms with E-state index in [1.54, 1.807) is 0 Å². The average Bonchev–Trinajstić information content (AvgIpc) is 1.70. The van der Waals surface area contributed by atoms with Gasteiger partial charge in [0.15, 0.2) is 0 Å². The lowest BCUT2D eigenvalue weighted by Crippen LogP contribution is -2.55. The number of carbonyl (C=O) groups excluding carboxylic acids is 8. The van der Waals surface area contributed by atoms with Gasteiger partial charge in [-0.3, -0.25) is 19.3 Å². The number of alkyl carbamates (subject to hydrolysis) is 4. The molecule has 35 nitrogen and oxygen atoms in total. The predicted molar refractivity (Wildman–Crippen MR) is 532 cm³/mol. The van der Waals surface area contributed by atoms with Crippen molar-refractivity contribution in [3.8, 4) is 56.3 Å². The van der Waals surface area contributed by atoms with Crippen LogP contribution in [0.25, 0.3) is 88.4 Å². The molecule has 4 aromatic heterocycles. The van der Waals surface area contributed by atoms with Gasteiger partial charge >= 0.3 is 36.4 Å². The van der Waals surface area contributed by atoms with Crippen molar-refractivity contribution >= 4 is 97.8 Å². The van der Waals surface area contributed by atoms with Gasteiger partial charge in [-0.15, -0.1) is 0 Å². The number of benzene rings is 6. The Balaban J connectivity index is 0.000000183. The molecular formula is C106H138N16O19. The minimum atomic E-state index is -1.04. The molecule has 8 aliphatic rings. The highest BCUT2D eigenvalue weighted by Crippen LogP contribution is 2.49. The van der Waals surface area contributed by atoms with Crippen molar-refractivity contribution in [1.29, 1.82) is 0 Å². The number of rotatable bonds is 20. The van der Waals surface area contributed by atoms with Crippen molar-refractivity contribution in [3.05, 3.63) is 132 Å². The van der Waals surface area contributed by atoms with Crippen LogP contribution < -0.4 is 30.7 Å². The second-order valence-corrected chi connectivity index (χ2v) is 40.4. The average molecular weight is 1940 g/mol. The largest absolute Gasteiger partial charge is 0.488 e. The first-order chi connectivity index (χ1) is 66.9. The Labute approximate surface area is 822 Å². The quantitative estimate of drug-likeness (QED) is 0.0320. The summed E-state index contributed by atoms with van der Waals surface area (Å²) in [5.74, 6) is 2.66. The minimum Gasteiger partial charge on any atom is -0.488 e. The van der Waals surface area contributed by atoms with Crippen molar-refractivity contribution in [3.63, 3.8) is 0 Å². The second kappa shape index (κ2) is 42.8. The Morgan fingerprint density at radius 1 is 0.447 bits per heavy atom. The van der Waals surface area contributed by atoms with E-state index in [0.717, 1.165) is 187 Å². The molecule has 0 spiro atoms. The van der Waals surface area contributed by atoms with Crippen molar-refractivity contribution in [2.75, 3.05) is 28.4 Å². The topological polar surface area (TPSA) is 433 Å². The molecule has 8 amide bonds. The number of carbonyl (C=O) groups is 9. The van der Waals surface area contributed by atoms with E-state index in [9.17, 15) is 43.2 Å². The van der Waals surface area contributed by atoms with Gasteiger partial charge in [-0.2, -0.15) is 0 Å². The Hall–Kier alpha value is -13.1. The van der Waals surface area contributed by atoms with Crippen LogP contribution in [0.15, 0.2) is 97.3 Å². The maximum Gasteiger partial charge on any atom is 0.411 e. The molecule has 6 saturated heterocycles. The number of fused-ring (bicyclic) bond motifs is 12. The highest BCUT2D eigenvalue weighted by molar-refractivity contribution is 6.09. The first kappa shape index (κ1) is 102. The number of amides is 8. The molecule has 756 valence electrons. The SMILES string of the molecule is C.CC[C@H](C)[C@H](NC(=O)OC)C(=O)N1[C@@H](C)CC[C@H]1c1ncc(-c2ccc3c(c2)COc2cc4c(ccc5[nH]c([C@@H]6CC[C@H](C)N6C(=O)OC(C)(C)C)nc54)cc2-3)[nH]1.CC[C@H](C)[C@H](NC(=O)OC)C(=O)N1[C@@H](C)CC[C@H]1c1ncc(-c2ccc3c(c2)COc2cc4c(ccc5[nH]c([C@@H]6CC[C@H](C)N6C(=O)[C@@H](NC(=O)OC)C6C[C@@H](C)O[C@H](C)C6)nc54)cc2-3)[nH]1.COC(=O)N[C@H](C(=O)O)C1C[C@@H](C)O[C@H](C)C1. The van der Waals surface area contributed by atoms with Crippen molar-refractivity contribution in [1.82, 2.24) is 80.7 Å². The van der Waals surface area contributed by atoms with Gasteiger partial charge in [-0.05, 0) is 270 Å². The zero-order valence-corrected chi connectivity index (χ0v) is 83.5. The normalized spacial score (nSPS) is 24.1. The molecular weight excluding hydrogens is 1800 g/mol. The van der Waals surface area contributed by atoms with Crippen LogP contribution in [0.2, 0.25) is 0 Å². The van der Waals surface area contributed by atoms with E-state index >= 15 is 0 Å². The predicted octanol–water partition coefficient (Wildman–Crippen LogP) is 19.1. The molecule has 18 rings (SSSR count). The van der Waals surface area contributed by atoms with E-state index < -0.39 is 60.1 Å². The van der Waals surface area contributed by atoms with Crippen molar-refractivity contribution in [2.24, 2.45) is 23.7 Å². The molecule has 8 aliphatic heterocycles. The lowest BCUT2D eigenvalue weighted by molar-refractivity contribution is -0.143. The highest BCUT2D eigenvalue weighted by Gasteiger charge is 2.49. The summed E-state index contributed by atoms with van der Waals surface area (Å²) < 4.78 is 49.3.